The van der Waals surface area contributed by atoms with Crippen molar-refractivity contribution in [2.45, 2.75) is 73.1 Å². The topological polar surface area (TPSA) is 34.1 Å². The summed E-state index contributed by atoms with van der Waals surface area (Å²) in [5.41, 5.74) is 3.94. The molecule has 136 valence electrons. The minimum absolute atomic E-state index is 0.0660. The molecule has 25 heavy (non-hydrogen) atoms. The van der Waals surface area contributed by atoms with Crippen molar-refractivity contribution in [1.82, 2.24) is 0 Å². The predicted molar refractivity (Wildman–Crippen MR) is 100 cm³/mol. The Morgan fingerprint density at radius 3 is 2.48 bits per heavy atom. The predicted octanol–water partition coefficient (Wildman–Crippen LogP) is 5.28. The second kappa shape index (κ2) is 5.41. The average Bonchev–Trinajstić information content (AvgIpc) is 2.92. The molecule has 0 bridgehead atoms. The molecule has 0 aliphatic heterocycles. The van der Waals surface area contributed by atoms with Gasteiger partial charge in [-0.1, -0.05) is 25.0 Å². The van der Waals surface area contributed by atoms with E-state index in [4.69, 9.17) is 0 Å². The summed E-state index contributed by atoms with van der Waals surface area (Å²) in [5, 5.41) is 0. The van der Waals surface area contributed by atoms with Gasteiger partial charge in [0, 0.05) is 11.3 Å². The molecule has 0 radical (unpaired) electrons. The molecule has 6 atom stereocenters. The molecule has 0 unspecified atom stereocenters. The van der Waals surface area contributed by atoms with E-state index in [2.05, 4.69) is 20.8 Å². The van der Waals surface area contributed by atoms with Crippen molar-refractivity contribution < 1.29 is 9.59 Å². The fourth-order valence-corrected chi connectivity index (χ4v) is 7.48. The summed E-state index contributed by atoms with van der Waals surface area (Å²) in [6.45, 7) is 10.8. The monoisotopic (exact) mass is 340 g/mol. The van der Waals surface area contributed by atoms with E-state index in [0.29, 0.717) is 23.5 Å². The van der Waals surface area contributed by atoms with Crippen LogP contribution in [0, 0.1) is 34.5 Å². The van der Waals surface area contributed by atoms with E-state index >= 15 is 0 Å². The van der Waals surface area contributed by atoms with Crippen LogP contribution in [-0.4, -0.2) is 11.6 Å². The highest BCUT2D eigenvalue weighted by Crippen LogP contribution is 2.67. The fourth-order valence-electron chi connectivity index (χ4n) is 7.48. The Balaban J connectivity index is 1.74. The second-order valence-electron chi connectivity index (χ2n) is 9.69. The number of Topliss-reactive ketones (excluding diaryl/α,β-unsaturated/α-hetero) is 1. The van der Waals surface area contributed by atoms with Gasteiger partial charge in [-0.05, 0) is 94.1 Å². The summed E-state index contributed by atoms with van der Waals surface area (Å²) in [6.07, 6.45) is 8.91. The van der Waals surface area contributed by atoms with E-state index in [-0.39, 0.29) is 22.5 Å². The fraction of sp³-hybridized carbons (Fsp3) is 0.739. The zero-order valence-electron chi connectivity index (χ0n) is 16.4. The van der Waals surface area contributed by atoms with E-state index in [1.165, 1.54) is 36.8 Å². The van der Waals surface area contributed by atoms with Crippen LogP contribution in [0.3, 0.4) is 0 Å². The number of rotatable bonds is 1. The summed E-state index contributed by atoms with van der Waals surface area (Å²) >= 11 is 0. The van der Waals surface area contributed by atoms with Gasteiger partial charge in [-0.15, -0.1) is 0 Å². The van der Waals surface area contributed by atoms with Crippen LogP contribution in [0.1, 0.15) is 73.1 Å². The number of hydrogen-bond acceptors (Lipinski definition) is 2. The zero-order chi connectivity index (χ0) is 18.1. The molecule has 3 fully saturated rings. The van der Waals surface area contributed by atoms with Crippen molar-refractivity contribution in [1.29, 1.82) is 0 Å². The van der Waals surface area contributed by atoms with E-state index < -0.39 is 0 Å². The summed E-state index contributed by atoms with van der Waals surface area (Å²) in [7, 11) is 0. The van der Waals surface area contributed by atoms with Gasteiger partial charge < -0.3 is 0 Å². The summed E-state index contributed by atoms with van der Waals surface area (Å²) in [4.78, 5) is 24.6. The highest BCUT2D eigenvalue weighted by Gasteiger charge is 2.60. The lowest BCUT2D eigenvalue weighted by molar-refractivity contribution is -0.127. The van der Waals surface area contributed by atoms with E-state index in [9.17, 15) is 9.59 Å². The minimum atomic E-state index is 0.0660. The quantitative estimate of drug-likeness (QED) is 0.651. The van der Waals surface area contributed by atoms with Crippen molar-refractivity contribution in [2.24, 2.45) is 34.5 Å². The lowest BCUT2D eigenvalue weighted by atomic mass is 9.46. The Morgan fingerprint density at radius 1 is 1.08 bits per heavy atom. The molecule has 0 aromatic rings. The van der Waals surface area contributed by atoms with Gasteiger partial charge in [-0.25, -0.2) is 0 Å². The molecule has 3 saturated carbocycles. The molecule has 2 nitrogen and oxygen atoms in total. The van der Waals surface area contributed by atoms with Crippen LogP contribution in [-0.2, 0) is 9.59 Å². The Morgan fingerprint density at radius 2 is 1.80 bits per heavy atom. The number of allylic oxidation sites excluding steroid dienone is 4. The van der Waals surface area contributed by atoms with Crippen LogP contribution in [0.2, 0.25) is 0 Å². The molecule has 0 aromatic heterocycles. The largest absolute Gasteiger partial charge is 0.300 e. The molecular formula is C23H32O2. The van der Waals surface area contributed by atoms with Crippen molar-refractivity contribution >= 4 is 11.6 Å². The number of ketones is 2. The first-order chi connectivity index (χ1) is 11.7. The molecule has 0 saturated heterocycles. The highest BCUT2D eigenvalue weighted by molar-refractivity contribution is 6.06. The van der Waals surface area contributed by atoms with Crippen LogP contribution < -0.4 is 0 Å². The first kappa shape index (κ1) is 17.2. The minimum Gasteiger partial charge on any atom is -0.300 e. The first-order valence-electron chi connectivity index (χ1n) is 10.1. The number of carbonyl (C=O) groups is 2. The Bertz CT molecular complexity index is 712. The van der Waals surface area contributed by atoms with Gasteiger partial charge in [0.1, 0.15) is 5.78 Å². The van der Waals surface area contributed by atoms with E-state index in [0.717, 1.165) is 18.4 Å². The van der Waals surface area contributed by atoms with Crippen molar-refractivity contribution in [3.05, 3.63) is 22.8 Å². The van der Waals surface area contributed by atoms with Gasteiger partial charge >= 0.3 is 0 Å². The van der Waals surface area contributed by atoms with Crippen LogP contribution >= 0.6 is 0 Å². The third-order valence-corrected chi connectivity index (χ3v) is 9.10. The lowest BCUT2D eigenvalue weighted by Gasteiger charge is -2.58. The van der Waals surface area contributed by atoms with Crippen molar-refractivity contribution in [3.8, 4) is 0 Å². The van der Waals surface area contributed by atoms with Crippen LogP contribution in [0.5, 0.6) is 0 Å². The molecule has 4 aliphatic carbocycles. The number of fused-ring (bicyclic) bond motifs is 5. The number of carbonyl (C=O) groups excluding carboxylic acids is 2. The van der Waals surface area contributed by atoms with E-state index in [1.54, 1.807) is 6.92 Å². The van der Waals surface area contributed by atoms with E-state index in [1.807, 2.05) is 13.0 Å². The molecule has 0 heterocycles. The normalized spacial score (nSPS) is 46.3. The van der Waals surface area contributed by atoms with Gasteiger partial charge in [0.15, 0.2) is 5.78 Å². The average molecular weight is 341 g/mol. The second-order valence-corrected chi connectivity index (χ2v) is 9.69. The molecule has 0 aromatic carbocycles. The Hall–Kier alpha value is -1.18. The summed E-state index contributed by atoms with van der Waals surface area (Å²) in [5.74, 6) is 2.93. The highest BCUT2D eigenvalue weighted by atomic mass is 16.1. The Kier molecular flexibility index (Phi) is 3.73. The SMILES string of the molecule is CC(=O)[C@@H]1CC[C@H]2[C@@H]3CCC4=CC(=O)C(C)=C(C)[C@]4(C)[C@H]3CC[C@]12C. The maximum absolute atomic E-state index is 12.3. The molecule has 2 heteroatoms. The van der Waals surface area contributed by atoms with Gasteiger partial charge in [0.2, 0.25) is 0 Å². The maximum atomic E-state index is 12.3. The van der Waals surface area contributed by atoms with Gasteiger partial charge in [-0.3, -0.25) is 9.59 Å². The van der Waals surface area contributed by atoms with Gasteiger partial charge in [0.25, 0.3) is 0 Å². The smallest absolute Gasteiger partial charge is 0.181 e. The first-order valence-corrected chi connectivity index (χ1v) is 10.1. The van der Waals surface area contributed by atoms with Gasteiger partial charge in [-0.2, -0.15) is 0 Å². The summed E-state index contributed by atoms with van der Waals surface area (Å²) < 4.78 is 0. The van der Waals surface area contributed by atoms with Crippen molar-refractivity contribution in [3.63, 3.8) is 0 Å². The molecule has 0 spiro atoms. The van der Waals surface area contributed by atoms with Crippen LogP contribution in [0.4, 0.5) is 0 Å². The molecule has 0 amide bonds. The Labute approximate surface area is 152 Å². The standard InChI is InChI=1S/C23H32O2/c1-13-14(2)23(5)16(12-21(13)25)6-7-17-19-9-8-18(15(3)24)22(19,4)11-10-20(17)23/h12,17-20H,6-11H2,1-5H3/t17-,18-,19-,20-,22+,23-/m0/s1. The van der Waals surface area contributed by atoms with Gasteiger partial charge in [0.05, 0.1) is 0 Å². The maximum Gasteiger partial charge on any atom is 0.181 e. The van der Waals surface area contributed by atoms with Crippen molar-refractivity contribution in [2.75, 3.05) is 0 Å². The third-order valence-electron chi connectivity index (χ3n) is 9.10. The third kappa shape index (κ3) is 2.09. The molecule has 4 rings (SSSR count). The summed E-state index contributed by atoms with van der Waals surface area (Å²) in [6, 6.07) is 0. The lowest BCUT2D eigenvalue weighted by Crippen LogP contribution is -2.51. The molecule has 4 aliphatic rings. The van der Waals surface area contributed by atoms with Crippen LogP contribution in [0.15, 0.2) is 22.8 Å². The van der Waals surface area contributed by atoms with Crippen LogP contribution in [0.25, 0.3) is 0 Å². The molecular weight excluding hydrogens is 308 g/mol. The molecule has 0 N–H and O–H groups in total. The zero-order valence-corrected chi connectivity index (χ0v) is 16.4. The number of hydrogen-bond donors (Lipinski definition) is 0.